The number of nitro groups is 1. The van der Waals surface area contributed by atoms with Gasteiger partial charge in [-0.05, 0) is 17.7 Å². The number of pyridine rings is 1. The van der Waals surface area contributed by atoms with Gasteiger partial charge in [0.05, 0.1) is 5.69 Å². The molecule has 0 aliphatic rings. The maximum absolute atomic E-state index is 11.4. The van der Waals surface area contributed by atoms with Crippen LogP contribution in [0.15, 0.2) is 25.3 Å². The van der Waals surface area contributed by atoms with Crippen LogP contribution in [0.4, 0.5) is 0 Å². The predicted molar refractivity (Wildman–Crippen MR) is 60.6 cm³/mol. The summed E-state index contributed by atoms with van der Waals surface area (Å²) in [4.78, 5) is 24.8. The minimum atomic E-state index is -0.753. The van der Waals surface area contributed by atoms with Crippen molar-refractivity contribution in [2.24, 2.45) is 0 Å². The Bertz CT molecular complexity index is 466. The van der Waals surface area contributed by atoms with Gasteiger partial charge in [-0.15, -0.1) is 0 Å². The lowest BCUT2D eigenvalue weighted by molar-refractivity contribution is -0.465. The number of carbonyl (C=O) groups is 1. The quantitative estimate of drug-likeness (QED) is 0.429. The molecule has 0 saturated heterocycles. The number of aromatic nitrogens is 1. The lowest BCUT2D eigenvalue weighted by atomic mass is 10.1. The summed E-state index contributed by atoms with van der Waals surface area (Å²) in [7, 11) is 0. The average Bonchev–Trinajstić information content (AvgIpc) is 2.27. The second-order valence-corrected chi connectivity index (χ2v) is 2.99. The molecule has 1 heterocycles. The third kappa shape index (κ3) is 2.60. The number of hydrogen-bond acceptors (Lipinski definition) is 4. The highest BCUT2D eigenvalue weighted by Gasteiger charge is 2.14. The Morgan fingerprint density at radius 3 is 2.62 bits per heavy atom. The van der Waals surface area contributed by atoms with Crippen molar-refractivity contribution < 1.29 is 9.72 Å². The van der Waals surface area contributed by atoms with Gasteiger partial charge in [0.1, 0.15) is 5.69 Å². The van der Waals surface area contributed by atoms with Gasteiger partial charge in [-0.2, -0.15) is 0 Å². The molecular weight excluding hydrogens is 208 g/mol. The van der Waals surface area contributed by atoms with Crippen molar-refractivity contribution in [2.45, 2.75) is 0 Å². The molecule has 82 valence electrons. The van der Waals surface area contributed by atoms with Crippen molar-refractivity contribution in [3.05, 3.63) is 52.4 Å². The summed E-state index contributed by atoms with van der Waals surface area (Å²) in [6.07, 6.45) is 3.05. The van der Waals surface area contributed by atoms with Gasteiger partial charge in [0, 0.05) is 4.92 Å². The van der Waals surface area contributed by atoms with Crippen LogP contribution in [0.25, 0.3) is 12.2 Å². The Morgan fingerprint density at radius 1 is 1.44 bits per heavy atom. The maximum atomic E-state index is 11.4. The van der Waals surface area contributed by atoms with Crippen molar-refractivity contribution in [1.82, 2.24) is 4.98 Å². The molecule has 0 aliphatic heterocycles. The van der Waals surface area contributed by atoms with Gasteiger partial charge in [0.15, 0.2) is 0 Å². The molecule has 1 aromatic rings. The second-order valence-electron chi connectivity index (χ2n) is 2.99. The number of carbonyl (C=O) groups excluding carboxylic acids is 1. The fourth-order valence-electron chi connectivity index (χ4n) is 1.18. The summed E-state index contributed by atoms with van der Waals surface area (Å²) in [6, 6.07) is 3.07. The Balaban J connectivity index is 3.07. The normalized spacial score (nSPS) is 9.50. The van der Waals surface area contributed by atoms with Crippen LogP contribution < -0.4 is 0 Å². The number of nitrogens with zero attached hydrogens (tertiary/aromatic N) is 2. The van der Waals surface area contributed by atoms with Gasteiger partial charge < -0.3 is 0 Å². The van der Waals surface area contributed by atoms with Crippen molar-refractivity contribution in [3.63, 3.8) is 0 Å². The standard InChI is InChI=1S/C11H10N2O3/c1-3-8-5-6-10(12-9(8)4-2)11(14)7-13(15)16/h3-6H,1-2,7H2. The molecule has 0 aromatic carbocycles. The van der Waals surface area contributed by atoms with E-state index in [9.17, 15) is 14.9 Å². The molecule has 5 nitrogen and oxygen atoms in total. The Labute approximate surface area is 92.3 Å². The zero-order chi connectivity index (χ0) is 12.1. The smallest absolute Gasteiger partial charge is 0.267 e. The van der Waals surface area contributed by atoms with Crippen LogP contribution in [0.2, 0.25) is 0 Å². The van der Waals surface area contributed by atoms with Crippen molar-refractivity contribution in [3.8, 4) is 0 Å². The van der Waals surface area contributed by atoms with E-state index in [4.69, 9.17) is 0 Å². The summed E-state index contributed by atoms with van der Waals surface area (Å²) in [5, 5.41) is 10.2. The summed E-state index contributed by atoms with van der Waals surface area (Å²) < 4.78 is 0. The minimum absolute atomic E-state index is 0.0669. The fraction of sp³-hybridized carbons (Fsp3) is 0.0909. The van der Waals surface area contributed by atoms with Crippen LogP contribution in [0.1, 0.15) is 21.7 Å². The van der Waals surface area contributed by atoms with Gasteiger partial charge in [-0.1, -0.05) is 25.3 Å². The summed E-state index contributed by atoms with van der Waals surface area (Å²) in [5.41, 5.74) is 1.29. The topological polar surface area (TPSA) is 73.1 Å². The maximum Gasteiger partial charge on any atom is 0.267 e. The molecule has 0 N–H and O–H groups in total. The second kappa shape index (κ2) is 4.97. The van der Waals surface area contributed by atoms with Gasteiger partial charge >= 0.3 is 0 Å². The first-order chi connectivity index (χ1) is 7.58. The molecule has 0 unspecified atom stereocenters. The lowest BCUT2D eigenvalue weighted by Gasteiger charge is -2.02. The van der Waals surface area contributed by atoms with Crippen LogP contribution in [0.5, 0.6) is 0 Å². The van der Waals surface area contributed by atoms with E-state index in [1.165, 1.54) is 12.1 Å². The molecule has 0 saturated carbocycles. The fourth-order valence-corrected chi connectivity index (χ4v) is 1.18. The van der Waals surface area contributed by atoms with E-state index in [2.05, 4.69) is 18.1 Å². The van der Waals surface area contributed by atoms with Crippen LogP contribution >= 0.6 is 0 Å². The number of rotatable bonds is 5. The van der Waals surface area contributed by atoms with E-state index in [-0.39, 0.29) is 5.69 Å². The third-order valence-electron chi connectivity index (χ3n) is 1.93. The van der Waals surface area contributed by atoms with Gasteiger partial charge in [0.2, 0.25) is 0 Å². The predicted octanol–water partition coefficient (Wildman–Crippen LogP) is 1.83. The van der Waals surface area contributed by atoms with Gasteiger partial charge in [-0.3, -0.25) is 14.9 Å². The Kier molecular flexibility index (Phi) is 3.66. The molecule has 16 heavy (non-hydrogen) atoms. The first kappa shape index (κ1) is 11.8. The van der Waals surface area contributed by atoms with E-state index < -0.39 is 17.3 Å². The molecule has 0 atom stereocenters. The van der Waals surface area contributed by atoms with Crippen LogP contribution in [-0.2, 0) is 0 Å². The van der Waals surface area contributed by atoms with Crippen molar-refractivity contribution >= 4 is 17.9 Å². The summed E-state index contributed by atoms with van der Waals surface area (Å²) in [5.74, 6) is -0.622. The van der Waals surface area contributed by atoms with Gasteiger partial charge in [0.25, 0.3) is 12.3 Å². The first-order valence-corrected chi connectivity index (χ1v) is 4.49. The summed E-state index contributed by atoms with van der Waals surface area (Å²) in [6.45, 7) is 6.37. The van der Waals surface area contributed by atoms with E-state index in [1.807, 2.05) is 0 Å². The molecule has 0 amide bonds. The largest absolute Gasteiger partial charge is 0.285 e. The number of hydrogen-bond donors (Lipinski definition) is 0. The summed E-state index contributed by atoms with van der Waals surface area (Å²) >= 11 is 0. The van der Waals surface area contributed by atoms with E-state index in [1.54, 1.807) is 12.1 Å². The molecule has 0 spiro atoms. The van der Waals surface area contributed by atoms with Gasteiger partial charge in [-0.25, -0.2) is 4.98 Å². The molecule has 5 heteroatoms. The molecule has 0 radical (unpaired) electrons. The third-order valence-corrected chi connectivity index (χ3v) is 1.93. The van der Waals surface area contributed by atoms with E-state index >= 15 is 0 Å². The van der Waals surface area contributed by atoms with E-state index in [0.717, 1.165) is 5.56 Å². The number of ketones is 1. The van der Waals surface area contributed by atoms with E-state index in [0.29, 0.717) is 5.69 Å². The van der Waals surface area contributed by atoms with Crippen LogP contribution in [0, 0.1) is 10.1 Å². The molecule has 0 bridgehead atoms. The van der Waals surface area contributed by atoms with Crippen LogP contribution in [-0.4, -0.2) is 22.2 Å². The van der Waals surface area contributed by atoms with Crippen molar-refractivity contribution in [1.29, 1.82) is 0 Å². The van der Waals surface area contributed by atoms with Crippen molar-refractivity contribution in [2.75, 3.05) is 6.54 Å². The molecular formula is C11H10N2O3. The monoisotopic (exact) mass is 218 g/mol. The highest BCUT2D eigenvalue weighted by molar-refractivity contribution is 5.95. The lowest BCUT2D eigenvalue weighted by Crippen LogP contribution is -2.15. The molecule has 0 fully saturated rings. The molecule has 1 rings (SSSR count). The first-order valence-electron chi connectivity index (χ1n) is 4.49. The Hall–Kier alpha value is -2.30. The highest BCUT2D eigenvalue weighted by atomic mass is 16.6. The average molecular weight is 218 g/mol. The highest BCUT2D eigenvalue weighted by Crippen LogP contribution is 2.11. The van der Waals surface area contributed by atoms with Crippen LogP contribution in [0.3, 0.4) is 0 Å². The minimum Gasteiger partial charge on any atom is -0.285 e. The molecule has 0 aliphatic carbocycles. The zero-order valence-electron chi connectivity index (χ0n) is 8.55. The SMILES string of the molecule is C=Cc1ccc(C(=O)C[N+](=O)[O-])nc1C=C. The molecule has 1 aromatic heterocycles. The Morgan fingerprint density at radius 2 is 2.12 bits per heavy atom. The number of Topliss-reactive ketones (excluding diaryl/α,β-unsaturated/α-hetero) is 1. The zero-order valence-corrected chi connectivity index (χ0v) is 8.55.